The van der Waals surface area contributed by atoms with Gasteiger partial charge in [-0.1, -0.05) is 24.3 Å². The van der Waals surface area contributed by atoms with Gasteiger partial charge in [0.15, 0.2) is 0 Å². The molecule has 1 aromatic rings. The smallest absolute Gasteiger partial charge is 0.310 e. The van der Waals surface area contributed by atoms with E-state index in [0.29, 0.717) is 5.56 Å². The molecule has 1 saturated heterocycles. The number of ether oxygens (including phenoxy) is 1. The first-order chi connectivity index (χ1) is 10.5. The van der Waals surface area contributed by atoms with Gasteiger partial charge in [0, 0.05) is 6.54 Å². The van der Waals surface area contributed by atoms with Crippen molar-refractivity contribution in [3.63, 3.8) is 0 Å². The van der Waals surface area contributed by atoms with Crippen LogP contribution in [0.25, 0.3) is 0 Å². The topological polar surface area (TPSA) is 92.8 Å². The number of hydrogen-bond donors (Lipinski definition) is 1. The van der Waals surface area contributed by atoms with Crippen LogP contribution in [0.3, 0.4) is 0 Å². The molecule has 7 nitrogen and oxygen atoms in total. The third kappa shape index (κ3) is 5.04. The summed E-state index contributed by atoms with van der Waals surface area (Å²) in [6.45, 7) is 5.26. The summed E-state index contributed by atoms with van der Waals surface area (Å²) in [5, 5.41) is 0. The average molecular weight is 340 g/mol. The van der Waals surface area contributed by atoms with Crippen LogP contribution in [-0.4, -0.2) is 36.7 Å². The predicted octanol–water partition coefficient (Wildman–Crippen LogP) is 0.747. The van der Waals surface area contributed by atoms with Gasteiger partial charge in [-0.15, -0.1) is 0 Å². The van der Waals surface area contributed by atoms with Crippen molar-refractivity contribution in [2.45, 2.75) is 39.3 Å². The van der Waals surface area contributed by atoms with Gasteiger partial charge in [-0.05, 0) is 31.9 Å². The van der Waals surface area contributed by atoms with Crippen molar-refractivity contribution in [2.75, 3.05) is 6.54 Å². The molecule has 1 aliphatic rings. The number of benzene rings is 1. The molecule has 0 spiro atoms. The van der Waals surface area contributed by atoms with Gasteiger partial charge in [0.2, 0.25) is 5.91 Å². The fourth-order valence-corrected chi connectivity index (χ4v) is 3.30. The summed E-state index contributed by atoms with van der Waals surface area (Å²) in [6, 6.07) is 7.00. The average Bonchev–Trinajstić information content (AvgIpc) is 2.59. The first kappa shape index (κ1) is 17.4. The first-order valence-corrected chi connectivity index (χ1v) is 8.59. The second-order valence-corrected chi connectivity index (χ2v) is 8.05. The SMILES string of the molecule is CC(C)(C)OC(=O)Cc1cccc(CN2CC(=O)NS2(=O)=O)c1. The molecule has 0 bridgehead atoms. The van der Waals surface area contributed by atoms with Gasteiger partial charge in [-0.3, -0.25) is 9.59 Å². The molecule has 23 heavy (non-hydrogen) atoms. The van der Waals surface area contributed by atoms with E-state index < -0.39 is 21.7 Å². The number of hydrogen-bond acceptors (Lipinski definition) is 5. The van der Waals surface area contributed by atoms with E-state index in [1.807, 2.05) is 4.72 Å². The van der Waals surface area contributed by atoms with Gasteiger partial charge >= 0.3 is 16.2 Å². The minimum absolute atomic E-state index is 0.0727. The minimum atomic E-state index is -3.75. The van der Waals surface area contributed by atoms with E-state index in [4.69, 9.17) is 4.74 Å². The number of amides is 1. The molecule has 126 valence electrons. The van der Waals surface area contributed by atoms with Gasteiger partial charge in [0.05, 0.1) is 13.0 Å². The highest BCUT2D eigenvalue weighted by Gasteiger charge is 2.33. The molecule has 1 aliphatic heterocycles. The maximum atomic E-state index is 11.8. The van der Waals surface area contributed by atoms with Crippen molar-refractivity contribution < 1.29 is 22.7 Å². The number of rotatable bonds is 4. The number of carbonyl (C=O) groups excluding carboxylic acids is 2. The van der Waals surface area contributed by atoms with Crippen LogP contribution in [0.2, 0.25) is 0 Å². The Morgan fingerprint density at radius 3 is 2.52 bits per heavy atom. The van der Waals surface area contributed by atoms with Crippen molar-refractivity contribution in [1.82, 2.24) is 9.03 Å². The zero-order chi connectivity index (χ0) is 17.3. The molecule has 1 heterocycles. The zero-order valence-corrected chi connectivity index (χ0v) is 14.1. The molecule has 1 aromatic carbocycles. The highest BCUT2D eigenvalue weighted by atomic mass is 32.2. The summed E-state index contributed by atoms with van der Waals surface area (Å²) < 4.78 is 31.7. The van der Waals surface area contributed by atoms with Crippen molar-refractivity contribution in [3.05, 3.63) is 35.4 Å². The molecule has 0 aromatic heterocycles. The Balaban J connectivity index is 2.06. The molecular formula is C15H20N2O5S. The maximum absolute atomic E-state index is 11.8. The zero-order valence-electron chi connectivity index (χ0n) is 13.3. The molecule has 1 fully saturated rings. The highest BCUT2D eigenvalue weighted by molar-refractivity contribution is 7.88. The van der Waals surface area contributed by atoms with Crippen LogP contribution in [0, 0.1) is 0 Å². The largest absolute Gasteiger partial charge is 0.460 e. The van der Waals surface area contributed by atoms with Crippen molar-refractivity contribution in [2.24, 2.45) is 0 Å². The second kappa shape index (κ2) is 6.29. The van der Waals surface area contributed by atoms with E-state index in [2.05, 4.69) is 0 Å². The summed E-state index contributed by atoms with van der Waals surface area (Å²) >= 11 is 0. The highest BCUT2D eigenvalue weighted by Crippen LogP contribution is 2.15. The number of nitrogens with one attached hydrogen (secondary N) is 1. The van der Waals surface area contributed by atoms with Crippen LogP contribution in [0.1, 0.15) is 31.9 Å². The summed E-state index contributed by atoms with van der Waals surface area (Å²) in [7, 11) is -3.75. The van der Waals surface area contributed by atoms with Crippen LogP contribution in [0.4, 0.5) is 0 Å². The van der Waals surface area contributed by atoms with Crippen molar-refractivity contribution in [1.29, 1.82) is 0 Å². The van der Waals surface area contributed by atoms with Gasteiger partial charge in [0.25, 0.3) is 0 Å². The Labute approximate surface area is 135 Å². The summed E-state index contributed by atoms with van der Waals surface area (Å²) in [6.07, 6.45) is 0.106. The summed E-state index contributed by atoms with van der Waals surface area (Å²) in [5.41, 5.74) is 0.878. The lowest BCUT2D eigenvalue weighted by atomic mass is 10.1. The van der Waals surface area contributed by atoms with Crippen LogP contribution >= 0.6 is 0 Å². The Hall–Kier alpha value is -1.93. The molecule has 1 N–H and O–H groups in total. The van der Waals surface area contributed by atoms with Crippen LogP contribution < -0.4 is 4.72 Å². The molecule has 0 atom stereocenters. The molecule has 1 amide bonds. The van der Waals surface area contributed by atoms with Crippen molar-refractivity contribution in [3.8, 4) is 0 Å². The minimum Gasteiger partial charge on any atom is -0.460 e. The number of nitrogens with zero attached hydrogens (tertiary/aromatic N) is 1. The first-order valence-electron chi connectivity index (χ1n) is 7.15. The monoisotopic (exact) mass is 340 g/mol. The summed E-state index contributed by atoms with van der Waals surface area (Å²) in [5.74, 6) is -0.893. The number of carbonyl (C=O) groups is 2. The standard InChI is InChI=1S/C15H20N2O5S/c1-15(2,3)22-14(19)8-11-5-4-6-12(7-11)9-17-10-13(18)16-23(17,20)21/h4-7H,8-10H2,1-3H3,(H,16,18). The molecule has 0 radical (unpaired) electrons. The van der Waals surface area contributed by atoms with E-state index in [1.54, 1.807) is 45.0 Å². The Kier molecular flexibility index (Phi) is 4.76. The van der Waals surface area contributed by atoms with E-state index in [-0.39, 0.29) is 25.5 Å². The fourth-order valence-electron chi connectivity index (χ4n) is 2.21. The molecule has 8 heteroatoms. The number of esters is 1. The normalized spacial score (nSPS) is 17.8. The lowest BCUT2D eigenvalue weighted by Crippen LogP contribution is -2.29. The molecule has 2 rings (SSSR count). The molecular weight excluding hydrogens is 320 g/mol. The van der Waals surface area contributed by atoms with E-state index in [0.717, 1.165) is 9.87 Å². The van der Waals surface area contributed by atoms with Gasteiger partial charge < -0.3 is 4.74 Å². The fraction of sp³-hybridized carbons (Fsp3) is 0.467. The third-order valence-corrected chi connectivity index (χ3v) is 4.45. The maximum Gasteiger partial charge on any atom is 0.310 e. The van der Waals surface area contributed by atoms with E-state index >= 15 is 0 Å². The van der Waals surface area contributed by atoms with E-state index in [9.17, 15) is 18.0 Å². The van der Waals surface area contributed by atoms with Crippen LogP contribution in [0.5, 0.6) is 0 Å². The summed E-state index contributed by atoms with van der Waals surface area (Å²) in [4.78, 5) is 23.1. The Morgan fingerprint density at radius 1 is 1.30 bits per heavy atom. The molecule has 0 saturated carbocycles. The lowest BCUT2D eigenvalue weighted by Gasteiger charge is -2.19. The Morgan fingerprint density at radius 2 is 1.96 bits per heavy atom. The van der Waals surface area contributed by atoms with Crippen LogP contribution in [-0.2, 0) is 37.5 Å². The van der Waals surface area contributed by atoms with E-state index in [1.165, 1.54) is 0 Å². The van der Waals surface area contributed by atoms with Crippen LogP contribution in [0.15, 0.2) is 24.3 Å². The second-order valence-electron chi connectivity index (χ2n) is 6.38. The predicted molar refractivity (Wildman–Crippen MR) is 83.5 cm³/mol. The lowest BCUT2D eigenvalue weighted by molar-refractivity contribution is -0.153. The molecule has 0 unspecified atom stereocenters. The van der Waals surface area contributed by atoms with Crippen molar-refractivity contribution >= 4 is 22.1 Å². The third-order valence-electron chi connectivity index (χ3n) is 3.02. The quantitative estimate of drug-likeness (QED) is 0.817. The van der Waals surface area contributed by atoms with Gasteiger partial charge in [-0.2, -0.15) is 12.7 Å². The Bertz CT molecular complexity index is 722. The van der Waals surface area contributed by atoms with Gasteiger partial charge in [-0.25, -0.2) is 4.72 Å². The molecule has 0 aliphatic carbocycles. The van der Waals surface area contributed by atoms with Gasteiger partial charge in [0.1, 0.15) is 5.60 Å².